The second-order valence-electron chi connectivity index (χ2n) is 3.11. The van der Waals surface area contributed by atoms with Crippen molar-refractivity contribution in [1.82, 2.24) is 4.90 Å². The Bertz CT molecular complexity index is 167. The first-order valence-corrected chi connectivity index (χ1v) is 3.94. The van der Waals surface area contributed by atoms with Crippen LogP contribution in [0.1, 0.15) is 13.3 Å². The lowest BCUT2D eigenvalue weighted by molar-refractivity contribution is -0.459. The molecule has 0 rings (SSSR count). The van der Waals surface area contributed by atoms with Gasteiger partial charge in [-0.1, -0.05) is 6.92 Å². The van der Waals surface area contributed by atoms with Gasteiger partial charge in [0.15, 0.2) is 6.21 Å². The van der Waals surface area contributed by atoms with Gasteiger partial charge in [-0.2, -0.15) is 0 Å². The summed E-state index contributed by atoms with van der Waals surface area (Å²) in [5.74, 6) is 0. The third-order valence-corrected chi connectivity index (χ3v) is 1.26. The van der Waals surface area contributed by atoms with E-state index in [1.165, 1.54) is 5.57 Å². The molecule has 0 aliphatic carbocycles. The molecule has 0 saturated heterocycles. The van der Waals surface area contributed by atoms with Crippen molar-refractivity contribution in [3.8, 4) is 0 Å². The van der Waals surface area contributed by atoms with Crippen LogP contribution in [0.25, 0.3) is 0 Å². The van der Waals surface area contributed by atoms with Crippen LogP contribution in [0, 0.1) is 0 Å². The van der Waals surface area contributed by atoms with Gasteiger partial charge < -0.3 is 17.3 Å². The monoisotopic (exact) mass is 190 g/mol. The SMILES string of the molecule is CC/C(C=[N+](C)C)=C\N(C)C.[Cl-]. The van der Waals surface area contributed by atoms with E-state index in [0.29, 0.717) is 0 Å². The van der Waals surface area contributed by atoms with Gasteiger partial charge in [0.25, 0.3) is 0 Å². The molecular weight excluding hydrogens is 172 g/mol. The van der Waals surface area contributed by atoms with E-state index in [1.54, 1.807) is 0 Å². The zero-order valence-corrected chi connectivity index (χ0v) is 9.39. The maximum Gasteiger partial charge on any atom is 0.167 e. The van der Waals surface area contributed by atoms with Crippen LogP contribution < -0.4 is 12.4 Å². The highest BCUT2D eigenvalue weighted by atomic mass is 35.5. The van der Waals surface area contributed by atoms with Crippen LogP contribution in [0.3, 0.4) is 0 Å². The number of nitrogens with zero attached hydrogens (tertiary/aromatic N) is 2. The fourth-order valence-electron chi connectivity index (χ4n) is 0.879. The molecule has 72 valence electrons. The highest BCUT2D eigenvalue weighted by molar-refractivity contribution is 5.73. The third-order valence-electron chi connectivity index (χ3n) is 1.26. The Hall–Kier alpha value is -0.500. The minimum Gasteiger partial charge on any atom is -1.00 e. The van der Waals surface area contributed by atoms with Crippen LogP contribution >= 0.6 is 0 Å². The number of hydrogen-bond acceptors (Lipinski definition) is 1. The summed E-state index contributed by atoms with van der Waals surface area (Å²) < 4.78 is 2.07. The highest BCUT2D eigenvalue weighted by Crippen LogP contribution is 1.96. The fourth-order valence-corrected chi connectivity index (χ4v) is 0.879. The second-order valence-corrected chi connectivity index (χ2v) is 3.11. The second kappa shape index (κ2) is 7.17. The van der Waals surface area contributed by atoms with Crippen LogP contribution in [-0.4, -0.2) is 43.9 Å². The van der Waals surface area contributed by atoms with Crippen molar-refractivity contribution in [1.29, 1.82) is 0 Å². The highest BCUT2D eigenvalue weighted by Gasteiger charge is 1.94. The lowest BCUT2D eigenvalue weighted by atomic mass is 10.2. The summed E-state index contributed by atoms with van der Waals surface area (Å²) in [6.07, 6.45) is 5.36. The molecule has 12 heavy (non-hydrogen) atoms. The summed E-state index contributed by atoms with van der Waals surface area (Å²) in [7, 11) is 8.16. The van der Waals surface area contributed by atoms with Gasteiger partial charge in [-0.05, 0) is 6.42 Å². The molecule has 3 heteroatoms. The lowest BCUT2D eigenvalue weighted by Gasteiger charge is -2.05. The first-order chi connectivity index (χ1) is 5.06. The van der Waals surface area contributed by atoms with Gasteiger partial charge in [0.05, 0.1) is 0 Å². The number of hydrogen-bond donors (Lipinski definition) is 0. The van der Waals surface area contributed by atoms with Crippen molar-refractivity contribution in [2.75, 3.05) is 28.2 Å². The van der Waals surface area contributed by atoms with Gasteiger partial charge in [0, 0.05) is 25.9 Å². The molecule has 0 atom stereocenters. The number of rotatable bonds is 3. The summed E-state index contributed by atoms with van der Waals surface area (Å²) in [5.41, 5.74) is 1.35. The topological polar surface area (TPSA) is 6.25 Å². The number of halogens is 1. The zero-order valence-electron chi connectivity index (χ0n) is 8.63. The molecule has 0 bridgehead atoms. The Morgan fingerprint density at radius 3 is 2.08 bits per heavy atom. The van der Waals surface area contributed by atoms with Crippen molar-refractivity contribution in [3.05, 3.63) is 11.8 Å². The summed E-state index contributed by atoms with van der Waals surface area (Å²) >= 11 is 0. The normalized spacial score (nSPS) is 10.2. The lowest BCUT2D eigenvalue weighted by Crippen LogP contribution is -3.00. The van der Waals surface area contributed by atoms with E-state index in [1.807, 2.05) is 28.2 Å². The fraction of sp³-hybridized carbons (Fsp3) is 0.667. The van der Waals surface area contributed by atoms with Crippen LogP contribution in [0.4, 0.5) is 0 Å². The summed E-state index contributed by atoms with van der Waals surface area (Å²) in [6.45, 7) is 2.16. The largest absolute Gasteiger partial charge is 1.00 e. The quantitative estimate of drug-likeness (QED) is 0.376. The van der Waals surface area contributed by atoms with Gasteiger partial charge in [-0.25, -0.2) is 4.58 Å². The Balaban J connectivity index is 0. The zero-order chi connectivity index (χ0) is 8.85. The first kappa shape index (κ1) is 14.0. The van der Waals surface area contributed by atoms with Crippen molar-refractivity contribution in [2.45, 2.75) is 13.3 Å². The maximum absolute atomic E-state index is 2.16. The molecule has 0 saturated carbocycles. The van der Waals surface area contributed by atoms with Gasteiger partial charge in [0.1, 0.15) is 14.1 Å². The third kappa shape index (κ3) is 7.61. The maximum atomic E-state index is 2.16. The van der Waals surface area contributed by atoms with Crippen molar-refractivity contribution in [3.63, 3.8) is 0 Å². The van der Waals surface area contributed by atoms with Crippen LogP contribution in [0.5, 0.6) is 0 Å². The van der Waals surface area contributed by atoms with Gasteiger partial charge in [-0.15, -0.1) is 0 Å². The molecule has 0 unspecified atom stereocenters. The van der Waals surface area contributed by atoms with E-state index in [-0.39, 0.29) is 12.4 Å². The van der Waals surface area contributed by atoms with E-state index in [4.69, 9.17) is 0 Å². The number of allylic oxidation sites excluding steroid dienone is 1. The van der Waals surface area contributed by atoms with E-state index < -0.39 is 0 Å². The van der Waals surface area contributed by atoms with Crippen LogP contribution in [0.15, 0.2) is 11.8 Å². The molecule has 2 nitrogen and oxygen atoms in total. The average molecular weight is 191 g/mol. The molecule has 0 aromatic heterocycles. The van der Waals surface area contributed by atoms with Crippen LogP contribution in [0.2, 0.25) is 0 Å². The van der Waals surface area contributed by atoms with Crippen molar-refractivity contribution >= 4 is 6.21 Å². The molecular formula is C9H19ClN2. The predicted octanol–water partition coefficient (Wildman–Crippen LogP) is -1.81. The molecule has 0 aromatic rings. The molecule has 0 aliphatic rings. The first-order valence-electron chi connectivity index (χ1n) is 3.94. The van der Waals surface area contributed by atoms with Gasteiger partial charge in [-0.3, -0.25) is 0 Å². The van der Waals surface area contributed by atoms with E-state index in [2.05, 4.69) is 28.8 Å². The molecule has 0 radical (unpaired) electrons. The summed E-state index contributed by atoms with van der Waals surface area (Å²) in [4.78, 5) is 2.07. The molecule has 0 heterocycles. The molecule has 0 N–H and O–H groups in total. The van der Waals surface area contributed by atoms with Gasteiger partial charge in [0.2, 0.25) is 0 Å². The molecule has 0 fully saturated rings. The average Bonchev–Trinajstić information content (AvgIpc) is 1.84. The Kier molecular flexibility index (Phi) is 8.39. The minimum atomic E-state index is 0. The van der Waals surface area contributed by atoms with Crippen LogP contribution in [-0.2, 0) is 0 Å². The summed E-state index contributed by atoms with van der Waals surface area (Å²) in [5, 5.41) is 0. The smallest absolute Gasteiger partial charge is 0.167 e. The minimum absolute atomic E-state index is 0. The predicted molar refractivity (Wildman–Crippen MR) is 50.2 cm³/mol. The summed E-state index contributed by atoms with van der Waals surface area (Å²) in [6, 6.07) is 0. The van der Waals surface area contributed by atoms with Crippen molar-refractivity contribution in [2.24, 2.45) is 0 Å². The van der Waals surface area contributed by atoms with E-state index >= 15 is 0 Å². The van der Waals surface area contributed by atoms with Crippen molar-refractivity contribution < 1.29 is 17.0 Å². The molecule has 0 spiro atoms. The Labute approximate surface area is 82.0 Å². The van der Waals surface area contributed by atoms with E-state index in [9.17, 15) is 0 Å². The standard InChI is InChI=1S/C9H19N2.ClH/c1-6-9(7-10(2)3)8-11(4)5;/h7-8H,6H2,1-5H3;1H/q+1;/p-1. The Morgan fingerprint density at radius 1 is 1.33 bits per heavy atom. The van der Waals surface area contributed by atoms with E-state index in [0.717, 1.165) is 6.42 Å². The molecule has 0 aromatic carbocycles. The van der Waals surface area contributed by atoms with Gasteiger partial charge >= 0.3 is 0 Å². The Morgan fingerprint density at radius 2 is 1.83 bits per heavy atom. The molecule has 0 amide bonds. The molecule has 0 aliphatic heterocycles.